The van der Waals surface area contributed by atoms with E-state index in [2.05, 4.69) is 5.32 Å². The normalized spacial score (nSPS) is 10.7. The van der Waals surface area contributed by atoms with Gasteiger partial charge < -0.3 is 20.0 Å². The Morgan fingerprint density at radius 2 is 1.63 bits per heavy atom. The number of carboxylic acids is 1. The molecule has 0 aliphatic carbocycles. The van der Waals surface area contributed by atoms with E-state index in [9.17, 15) is 20.0 Å². The highest BCUT2D eigenvalue weighted by Gasteiger charge is 2.10. The smallest absolute Gasteiger partial charge is 0.266 e. The number of hydrogen-bond donors (Lipinski definition) is 1. The lowest BCUT2D eigenvalue weighted by atomic mass is 10.1. The minimum absolute atomic E-state index is 0.00128. The SMILES string of the molecule is N#C/C(=C\c1ccc(OCc2ccccc2)cc1)C(=O)Nc1ccc(C(=O)[O-])cc1. The summed E-state index contributed by atoms with van der Waals surface area (Å²) in [6.07, 6.45) is 1.46. The number of nitrogens with zero attached hydrogens (tertiary/aromatic N) is 1. The second kappa shape index (κ2) is 9.71. The van der Waals surface area contributed by atoms with Crippen LogP contribution in [-0.2, 0) is 11.4 Å². The first-order chi connectivity index (χ1) is 14.5. The molecule has 0 aromatic heterocycles. The van der Waals surface area contributed by atoms with Crippen LogP contribution in [0.2, 0.25) is 0 Å². The van der Waals surface area contributed by atoms with E-state index in [1.165, 1.54) is 30.3 Å². The lowest BCUT2D eigenvalue weighted by Crippen LogP contribution is -2.22. The van der Waals surface area contributed by atoms with Crippen molar-refractivity contribution in [2.75, 3.05) is 5.32 Å². The summed E-state index contributed by atoms with van der Waals surface area (Å²) in [5, 5.41) is 22.7. The zero-order valence-corrected chi connectivity index (χ0v) is 15.9. The van der Waals surface area contributed by atoms with Crippen LogP contribution in [0.15, 0.2) is 84.4 Å². The van der Waals surface area contributed by atoms with Crippen molar-refractivity contribution in [3.05, 3.63) is 101 Å². The van der Waals surface area contributed by atoms with E-state index < -0.39 is 11.9 Å². The van der Waals surface area contributed by atoms with Gasteiger partial charge in [0.25, 0.3) is 5.91 Å². The average Bonchev–Trinajstić information content (AvgIpc) is 2.78. The Morgan fingerprint density at radius 3 is 2.23 bits per heavy atom. The number of ether oxygens (including phenoxy) is 1. The first-order valence-corrected chi connectivity index (χ1v) is 9.06. The van der Waals surface area contributed by atoms with Gasteiger partial charge in [0.2, 0.25) is 0 Å². The van der Waals surface area contributed by atoms with Gasteiger partial charge >= 0.3 is 0 Å². The summed E-state index contributed by atoms with van der Waals surface area (Å²) in [6.45, 7) is 0.443. The van der Waals surface area contributed by atoms with Crippen LogP contribution in [0.3, 0.4) is 0 Å². The lowest BCUT2D eigenvalue weighted by Gasteiger charge is -2.07. The molecule has 0 radical (unpaired) electrons. The third-order valence-electron chi connectivity index (χ3n) is 4.18. The molecule has 30 heavy (non-hydrogen) atoms. The molecule has 0 saturated carbocycles. The average molecular weight is 397 g/mol. The quantitative estimate of drug-likeness (QED) is 0.487. The molecule has 6 nitrogen and oxygen atoms in total. The van der Waals surface area contributed by atoms with Crippen LogP contribution >= 0.6 is 0 Å². The molecule has 1 N–H and O–H groups in total. The molecule has 3 aromatic rings. The molecule has 0 fully saturated rings. The van der Waals surface area contributed by atoms with Crippen molar-refractivity contribution in [2.45, 2.75) is 6.61 Å². The summed E-state index contributed by atoms with van der Waals surface area (Å²) >= 11 is 0. The molecule has 3 aromatic carbocycles. The van der Waals surface area contributed by atoms with Gasteiger partial charge in [-0.3, -0.25) is 4.79 Å². The highest BCUT2D eigenvalue weighted by atomic mass is 16.5. The number of carbonyl (C=O) groups excluding carboxylic acids is 2. The van der Waals surface area contributed by atoms with Crippen molar-refractivity contribution in [3.8, 4) is 11.8 Å². The van der Waals surface area contributed by atoms with E-state index >= 15 is 0 Å². The summed E-state index contributed by atoms with van der Waals surface area (Å²) in [6, 6.07) is 24.2. The van der Waals surface area contributed by atoms with Crippen LogP contribution in [0.5, 0.6) is 5.75 Å². The third kappa shape index (κ3) is 5.57. The van der Waals surface area contributed by atoms with E-state index in [0.717, 1.165) is 5.56 Å². The van der Waals surface area contributed by atoms with Gasteiger partial charge in [-0.2, -0.15) is 5.26 Å². The summed E-state index contributed by atoms with van der Waals surface area (Å²) in [7, 11) is 0. The molecular formula is C24H17N2O4-. The van der Waals surface area contributed by atoms with Crippen molar-refractivity contribution in [3.63, 3.8) is 0 Å². The highest BCUT2D eigenvalue weighted by Crippen LogP contribution is 2.17. The van der Waals surface area contributed by atoms with E-state index in [0.29, 0.717) is 23.6 Å². The van der Waals surface area contributed by atoms with Crippen molar-refractivity contribution in [1.82, 2.24) is 0 Å². The molecule has 0 bridgehead atoms. The maximum atomic E-state index is 12.3. The zero-order valence-electron chi connectivity index (χ0n) is 15.9. The van der Waals surface area contributed by atoms with Crippen LogP contribution in [0.1, 0.15) is 21.5 Å². The fourth-order valence-electron chi connectivity index (χ4n) is 2.60. The zero-order chi connectivity index (χ0) is 21.3. The Kier molecular flexibility index (Phi) is 6.59. The Labute approximate surface area is 173 Å². The summed E-state index contributed by atoms with van der Waals surface area (Å²) in [5.41, 5.74) is 2.00. The number of benzene rings is 3. The first-order valence-electron chi connectivity index (χ1n) is 9.06. The fraction of sp³-hybridized carbons (Fsp3) is 0.0417. The van der Waals surface area contributed by atoms with E-state index in [1.54, 1.807) is 24.3 Å². The molecule has 0 atom stereocenters. The van der Waals surface area contributed by atoms with E-state index in [1.807, 2.05) is 36.4 Å². The molecule has 6 heteroatoms. The van der Waals surface area contributed by atoms with Crippen LogP contribution in [0.4, 0.5) is 5.69 Å². The van der Waals surface area contributed by atoms with Gasteiger partial charge in [0, 0.05) is 5.69 Å². The highest BCUT2D eigenvalue weighted by molar-refractivity contribution is 6.09. The fourth-order valence-corrected chi connectivity index (χ4v) is 2.60. The lowest BCUT2D eigenvalue weighted by molar-refractivity contribution is -0.255. The molecule has 0 heterocycles. The van der Waals surface area contributed by atoms with Crippen LogP contribution in [0, 0.1) is 11.3 Å². The van der Waals surface area contributed by atoms with Crippen LogP contribution in [-0.4, -0.2) is 11.9 Å². The maximum absolute atomic E-state index is 12.3. The number of nitriles is 1. The van der Waals surface area contributed by atoms with Gasteiger partial charge in [-0.25, -0.2) is 0 Å². The molecule has 3 rings (SSSR count). The Bertz CT molecular complexity index is 1100. The molecular weight excluding hydrogens is 380 g/mol. The van der Waals surface area contributed by atoms with E-state index in [4.69, 9.17) is 4.74 Å². The maximum Gasteiger partial charge on any atom is 0.266 e. The Balaban J connectivity index is 1.63. The predicted octanol–water partition coefficient (Wildman–Crippen LogP) is 3.17. The first kappa shape index (κ1) is 20.4. The Morgan fingerprint density at radius 1 is 0.967 bits per heavy atom. The minimum atomic E-state index is -1.30. The van der Waals surface area contributed by atoms with Gasteiger partial charge in [-0.05, 0) is 47.0 Å². The molecule has 0 spiro atoms. The number of rotatable bonds is 7. The van der Waals surface area contributed by atoms with Crippen LogP contribution in [0.25, 0.3) is 6.08 Å². The molecule has 0 aliphatic heterocycles. The monoisotopic (exact) mass is 397 g/mol. The van der Waals surface area contributed by atoms with Crippen molar-refractivity contribution in [2.24, 2.45) is 0 Å². The van der Waals surface area contributed by atoms with Crippen molar-refractivity contribution < 1.29 is 19.4 Å². The number of amides is 1. The van der Waals surface area contributed by atoms with Gasteiger partial charge in [-0.1, -0.05) is 54.6 Å². The number of carbonyl (C=O) groups is 2. The summed E-state index contributed by atoms with van der Waals surface area (Å²) in [5.74, 6) is -1.23. The largest absolute Gasteiger partial charge is 0.545 e. The summed E-state index contributed by atoms with van der Waals surface area (Å²) in [4.78, 5) is 23.1. The van der Waals surface area contributed by atoms with Crippen molar-refractivity contribution in [1.29, 1.82) is 5.26 Å². The third-order valence-corrected chi connectivity index (χ3v) is 4.18. The molecule has 1 amide bonds. The number of anilines is 1. The Hall–Kier alpha value is -4.37. The molecule has 0 unspecified atom stereocenters. The number of aromatic carboxylic acids is 1. The van der Waals surface area contributed by atoms with E-state index in [-0.39, 0.29) is 11.1 Å². The summed E-state index contributed by atoms with van der Waals surface area (Å²) < 4.78 is 5.72. The second-order valence-corrected chi connectivity index (χ2v) is 6.33. The van der Waals surface area contributed by atoms with Gasteiger partial charge in [0.15, 0.2) is 0 Å². The number of nitrogens with one attached hydrogen (secondary N) is 1. The topological polar surface area (TPSA) is 102 Å². The second-order valence-electron chi connectivity index (χ2n) is 6.33. The van der Waals surface area contributed by atoms with Gasteiger partial charge in [-0.15, -0.1) is 0 Å². The minimum Gasteiger partial charge on any atom is -0.545 e. The van der Waals surface area contributed by atoms with Gasteiger partial charge in [0.1, 0.15) is 24.0 Å². The predicted molar refractivity (Wildman–Crippen MR) is 110 cm³/mol. The molecule has 0 aliphatic rings. The molecule has 148 valence electrons. The molecule has 0 saturated heterocycles. The standard InChI is InChI=1S/C24H18N2O4/c25-15-20(23(27)26-21-10-8-19(9-11-21)24(28)29)14-17-6-12-22(13-7-17)30-16-18-4-2-1-3-5-18/h1-14H,16H2,(H,26,27)(H,28,29)/p-1/b20-14+. The number of carboxylic acid groups (broad SMARTS) is 1. The van der Waals surface area contributed by atoms with Crippen molar-refractivity contribution >= 4 is 23.6 Å². The van der Waals surface area contributed by atoms with Crippen LogP contribution < -0.4 is 15.2 Å². The number of hydrogen-bond acceptors (Lipinski definition) is 5. The van der Waals surface area contributed by atoms with Gasteiger partial charge in [0.05, 0.1) is 5.97 Å².